The number of carbonyl (C=O) groups excluding carboxylic acids is 2. The first-order valence-electron chi connectivity index (χ1n) is 8.49. The molecule has 1 aromatic carbocycles. The molecule has 1 rings (SSSR count). The molecular weight excluding hydrogens is 324 g/mol. The third-order valence-corrected chi connectivity index (χ3v) is 4.05. The Kier molecular flexibility index (Phi) is 9.76. The van der Waals surface area contributed by atoms with Crippen molar-refractivity contribution in [2.45, 2.75) is 51.3 Å². The van der Waals surface area contributed by atoms with Gasteiger partial charge in [-0.2, -0.15) is 0 Å². The molecule has 0 fully saturated rings. The van der Waals surface area contributed by atoms with Crippen molar-refractivity contribution in [2.24, 2.45) is 0 Å². The largest absolute Gasteiger partial charge is 0.469 e. The van der Waals surface area contributed by atoms with Crippen LogP contribution >= 0.6 is 0 Å². The summed E-state index contributed by atoms with van der Waals surface area (Å²) in [5.74, 6) is -0.435. The van der Waals surface area contributed by atoms with E-state index < -0.39 is 18.2 Å². The van der Waals surface area contributed by atoms with Crippen molar-refractivity contribution in [1.82, 2.24) is 9.96 Å². The Balaban J connectivity index is 3.07. The number of ether oxygens (including phenoxy) is 1. The van der Waals surface area contributed by atoms with Gasteiger partial charge < -0.3 is 9.84 Å². The molecule has 140 valence electrons. The number of carbonyl (C=O) groups is 2. The number of amides is 1. The van der Waals surface area contributed by atoms with E-state index in [1.54, 1.807) is 0 Å². The van der Waals surface area contributed by atoms with Gasteiger partial charge in [-0.3, -0.25) is 19.7 Å². The van der Waals surface area contributed by atoms with Crippen molar-refractivity contribution in [3.05, 3.63) is 35.9 Å². The molecule has 0 aliphatic rings. The van der Waals surface area contributed by atoms with Crippen molar-refractivity contribution >= 4 is 12.4 Å². The second-order valence-corrected chi connectivity index (χ2v) is 5.88. The molecule has 2 N–H and O–H groups in total. The summed E-state index contributed by atoms with van der Waals surface area (Å²) in [6, 6.07) is 8.66. The van der Waals surface area contributed by atoms with Gasteiger partial charge in [-0.25, -0.2) is 5.06 Å². The number of nitrogens with zero attached hydrogens (tertiary/aromatic N) is 2. The molecule has 7 heteroatoms. The number of aliphatic hydroxyl groups excluding tert-OH is 1. The number of hydroxylamine groups is 2. The third kappa shape index (κ3) is 7.21. The van der Waals surface area contributed by atoms with Crippen molar-refractivity contribution in [1.29, 1.82) is 0 Å². The Morgan fingerprint density at radius 2 is 1.96 bits per heavy atom. The van der Waals surface area contributed by atoms with Crippen molar-refractivity contribution in [3.8, 4) is 0 Å². The van der Waals surface area contributed by atoms with Crippen LogP contribution in [0.15, 0.2) is 30.3 Å². The fourth-order valence-corrected chi connectivity index (χ4v) is 2.69. The van der Waals surface area contributed by atoms with Crippen molar-refractivity contribution < 1.29 is 24.6 Å². The van der Waals surface area contributed by atoms with E-state index in [0.29, 0.717) is 11.5 Å². The standard InChI is InChI=1S/C18H28N2O5/c1-3-4-6-11-17(22)20(13-19(24)14-21)16(12-18(23)25-2)15-9-7-5-8-10-15/h5,7-10,14,16-17,22,24H,3-4,6,11-13H2,1-2H3. The van der Waals surface area contributed by atoms with E-state index in [9.17, 15) is 19.9 Å². The highest BCUT2D eigenvalue weighted by Gasteiger charge is 2.29. The van der Waals surface area contributed by atoms with Crippen LogP contribution in [0.4, 0.5) is 0 Å². The minimum absolute atomic E-state index is 0.00194. The minimum atomic E-state index is -0.906. The second kappa shape index (κ2) is 11.6. The molecule has 1 aromatic rings. The van der Waals surface area contributed by atoms with Crippen LogP contribution < -0.4 is 0 Å². The molecule has 0 radical (unpaired) electrons. The molecule has 25 heavy (non-hydrogen) atoms. The summed E-state index contributed by atoms with van der Waals surface area (Å²) >= 11 is 0. The number of aliphatic hydroxyl groups is 1. The molecule has 1 amide bonds. The van der Waals surface area contributed by atoms with Crippen LogP contribution in [0, 0.1) is 0 Å². The Morgan fingerprint density at radius 3 is 2.52 bits per heavy atom. The normalized spacial score (nSPS) is 13.3. The van der Waals surface area contributed by atoms with Gasteiger partial charge in [-0.15, -0.1) is 0 Å². The summed E-state index contributed by atoms with van der Waals surface area (Å²) in [7, 11) is 1.30. The summed E-state index contributed by atoms with van der Waals surface area (Å²) in [5, 5.41) is 20.7. The highest BCUT2D eigenvalue weighted by atomic mass is 16.5. The first-order valence-corrected chi connectivity index (χ1v) is 8.49. The van der Waals surface area contributed by atoms with Crippen LogP contribution in [0.1, 0.15) is 50.6 Å². The molecule has 0 saturated carbocycles. The molecular formula is C18H28N2O5. The number of rotatable bonds is 12. The first kappa shape index (κ1) is 21.1. The van der Waals surface area contributed by atoms with Crippen LogP contribution in [-0.2, 0) is 14.3 Å². The lowest BCUT2D eigenvalue weighted by atomic mass is 10.0. The highest BCUT2D eigenvalue weighted by Crippen LogP contribution is 2.28. The molecule has 2 unspecified atom stereocenters. The van der Waals surface area contributed by atoms with Crippen LogP contribution in [-0.4, -0.2) is 52.7 Å². The maximum absolute atomic E-state index is 11.9. The maximum atomic E-state index is 11.9. The predicted molar refractivity (Wildman–Crippen MR) is 92.4 cm³/mol. The van der Waals surface area contributed by atoms with E-state index in [2.05, 4.69) is 6.92 Å². The minimum Gasteiger partial charge on any atom is -0.469 e. The van der Waals surface area contributed by atoms with E-state index in [-0.39, 0.29) is 19.5 Å². The summed E-state index contributed by atoms with van der Waals surface area (Å²) in [6.45, 7) is 1.85. The maximum Gasteiger partial charge on any atom is 0.307 e. The Labute approximate surface area is 148 Å². The monoisotopic (exact) mass is 352 g/mol. The van der Waals surface area contributed by atoms with Gasteiger partial charge in [0.05, 0.1) is 13.5 Å². The van der Waals surface area contributed by atoms with E-state index >= 15 is 0 Å². The molecule has 0 aliphatic heterocycles. The average Bonchev–Trinajstić information content (AvgIpc) is 2.64. The van der Waals surface area contributed by atoms with Crippen LogP contribution in [0.5, 0.6) is 0 Å². The summed E-state index contributed by atoms with van der Waals surface area (Å²) in [6.07, 6.45) is 2.62. The number of unbranched alkanes of at least 4 members (excludes halogenated alkanes) is 2. The van der Waals surface area contributed by atoms with E-state index in [4.69, 9.17) is 4.74 Å². The van der Waals surface area contributed by atoms with Gasteiger partial charge in [0.25, 0.3) is 0 Å². The quantitative estimate of drug-likeness (QED) is 0.150. The fraction of sp³-hybridized carbons (Fsp3) is 0.556. The number of methoxy groups -OCH3 is 1. The lowest BCUT2D eigenvalue weighted by Crippen LogP contribution is -2.45. The fourth-order valence-electron chi connectivity index (χ4n) is 2.69. The zero-order valence-electron chi connectivity index (χ0n) is 14.9. The smallest absolute Gasteiger partial charge is 0.307 e. The van der Waals surface area contributed by atoms with Crippen molar-refractivity contribution in [2.75, 3.05) is 13.8 Å². The molecule has 0 bridgehead atoms. The Hall–Kier alpha value is -1.96. The first-order chi connectivity index (χ1) is 12.0. The van der Waals surface area contributed by atoms with Gasteiger partial charge >= 0.3 is 5.97 Å². The van der Waals surface area contributed by atoms with Crippen LogP contribution in [0.25, 0.3) is 0 Å². The summed E-state index contributed by atoms with van der Waals surface area (Å²) in [5.41, 5.74) is 0.793. The lowest BCUT2D eigenvalue weighted by molar-refractivity contribution is -0.176. The van der Waals surface area contributed by atoms with E-state index in [0.717, 1.165) is 24.8 Å². The Morgan fingerprint density at radius 1 is 1.28 bits per heavy atom. The van der Waals surface area contributed by atoms with E-state index in [1.807, 2.05) is 30.3 Å². The zero-order valence-corrected chi connectivity index (χ0v) is 14.9. The predicted octanol–water partition coefficient (Wildman–Crippen LogP) is 2.30. The number of benzene rings is 1. The third-order valence-electron chi connectivity index (χ3n) is 4.05. The Bertz CT molecular complexity index is 511. The molecule has 0 aliphatic carbocycles. The van der Waals surface area contributed by atoms with Crippen LogP contribution in [0.3, 0.4) is 0 Å². The van der Waals surface area contributed by atoms with Crippen LogP contribution in [0.2, 0.25) is 0 Å². The molecule has 2 atom stereocenters. The molecule has 0 heterocycles. The second-order valence-electron chi connectivity index (χ2n) is 5.88. The lowest BCUT2D eigenvalue weighted by Gasteiger charge is -2.36. The molecule has 0 saturated heterocycles. The summed E-state index contributed by atoms with van der Waals surface area (Å²) < 4.78 is 4.77. The van der Waals surface area contributed by atoms with Gasteiger partial charge in [0.1, 0.15) is 12.9 Å². The van der Waals surface area contributed by atoms with Gasteiger partial charge in [0.15, 0.2) is 0 Å². The van der Waals surface area contributed by atoms with E-state index in [1.165, 1.54) is 12.0 Å². The zero-order chi connectivity index (χ0) is 18.7. The topological polar surface area (TPSA) is 90.3 Å². The number of hydrogen-bond acceptors (Lipinski definition) is 6. The molecule has 0 spiro atoms. The average molecular weight is 352 g/mol. The van der Waals surface area contributed by atoms with Crippen molar-refractivity contribution in [3.63, 3.8) is 0 Å². The van der Waals surface area contributed by atoms with Gasteiger partial charge in [0, 0.05) is 6.04 Å². The van der Waals surface area contributed by atoms with Gasteiger partial charge in [-0.1, -0.05) is 50.1 Å². The van der Waals surface area contributed by atoms with Gasteiger partial charge in [-0.05, 0) is 18.4 Å². The molecule has 7 nitrogen and oxygen atoms in total. The van der Waals surface area contributed by atoms with Gasteiger partial charge in [0.2, 0.25) is 6.41 Å². The SMILES string of the molecule is CCCCCC(O)N(CN(O)C=O)C(CC(=O)OC)c1ccccc1. The number of esters is 1. The number of hydrogen-bond donors (Lipinski definition) is 2. The molecule has 0 aromatic heterocycles. The summed E-state index contributed by atoms with van der Waals surface area (Å²) in [4.78, 5) is 24.2. The highest BCUT2D eigenvalue weighted by molar-refractivity contribution is 5.70.